The third-order valence-electron chi connectivity index (χ3n) is 5.79. The number of hydrogen-bond acceptors (Lipinski definition) is 3. The summed E-state index contributed by atoms with van der Waals surface area (Å²) in [6.45, 7) is 5.75. The van der Waals surface area contributed by atoms with E-state index in [9.17, 15) is 4.79 Å². The number of carbonyl (C=O) groups is 1. The summed E-state index contributed by atoms with van der Waals surface area (Å²) in [7, 11) is 0. The number of H-pyrrole nitrogens is 1. The summed E-state index contributed by atoms with van der Waals surface area (Å²) >= 11 is 3.56. The van der Waals surface area contributed by atoms with Gasteiger partial charge in [-0.05, 0) is 70.1 Å². The minimum absolute atomic E-state index is 0.00639. The van der Waals surface area contributed by atoms with Crippen molar-refractivity contribution in [2.45, 2.75) is 64.1 Å². The standard InChI is InChI=1S/C21H24BrN3O2/c1-21(2,3)27-20(26)25-16-9-12(16)10-17(25)19-23-15-7-4-11-8-13(22)5-6-14(11)18(15)24-19/h5-6,8,12,16-17H,4,7,9-10H2,1-3H3,(H,23,24)/t12-,16?,17+/m1/s1. The van der Waals surface area contributed by atoms with E-state index in [0.29, 0.717) is 12.0 Å². The Hall–Kier alpha value is -1.82. The average molecular weight is 430 g/mol. The highest BCUT2D eigenvalue weighted by atomic mass is 79.9. The van der Waals surface area contributed by atoms with Gasteiger partial charge in [-0.15, -0.1) is 0 Å². The zero-order valence-electron chi connectivity index (χ0n) is 15.9. The number of piperidine rings is 1. The summed E-state index contributed by atoms with van der Waals surface area (Å²) < 4.78 is 6.79. The lowest BCUT2D eigenvalue weighted by Crippen LogP contribution is -2.38. The van der Waals surface area contributed by atoms with Crippen molar-refractivity contribution in [2.24, 2.45) is 5.92 Å². The molecule has 0 spiro atoms. The molecule has 1 saturated carbocycles. The highest BCUT2D eigenvalue weighted by Crippen LogP contribution is 2.53. The van der Waals surface area contributed by atoms with Crippen LogP contribution in [0.1, 0.15) is 56.7 Å². The summed E-state index contributed by atoms with van der Waals surface area (Å²) in [6.07, 6.45) is 3.82. The van der Waals surface area contributed by atoms with Crippen molar-refractivity contribution in [2.75, 3.05) is 0 Å². The van der Waals surface area contributed by atoms with Crippen molar-refractivity contribution in [3.8, 4) is 11.3 Å². The largest absolute Gasteiger partial charge is 0.444 e. The number of aromatic amines is 1. The third-order valence-corrected chi connectivity index (χ3v) is 6.28. The van der Waals surface area contributed by atoms with E-state index in [1.54, 1.807) is 0 Å². The lowest BCUT2D eigenvalue weighted by Gasteiger charge is -2.29. The van der Waals surface area contributed by atoms with Crippen molar-refractivity contribution in [1.82, 2.24) is 14.9 Å². The molecular formula is C21H24BrN3O2. The van der Waals surface area contributed by atoms with Crippen LogP contribution in [0.2, 0.25) is 0 Å². The lowest BCUT2D eigenvalue weighted by atomic mass is 9.92. The molecule has 27 heavy (non-hydrogen) atoms. The van der Waals surface area contributed by atoms with Gasteiger partial charge >= 0.3 is 6.09 Å². The lowest BCUT2D eigenvalue weighted by molar-refractivity contribution is 0.0175. The Bertz CT molecular complexity index is 930. The third kappa shape index (κ3) is 2.98. The Morgan fingerprint density at radius 1 is 1.30 bits per heavy atom. The predicted octanol–water partition coefficient (Wildman–Crippen LogP) is 5.01. The number of carbonyl (C=O) groups excluding carboxylic acids is 1. The van der Waals surface area contributed by atoms with Crippen LogP contribution in [-0.4, -0.2) is 32.6 Å². The number of halogens is 1. The minimum Gasteiger partial charge on any atom is -0.444 e. The van der Waals surface area contributed by atoms with Crippen LogP contribution in [0.3, 0.4) is 0 Å². The first-order valence-electron chi connectivity index (χ1n) is 9.69. The van der Waals surface area contributed by atoms with Crippen LogP contribution in [-0.2, 0) is 17.6 Å². The quantitative estimate of drug-likeness (QED) is 0.692. The van der Waals surface area contributed by atoms with Crippen molar-refractivity contribution in [3.63, 3.8) is 0 Å². The minimum atomic E-state index is -0.483. The fourth-order valence-electron chi connectivity index (χ4n) is 4.53. The number of imidazole rings is 1. The highest BCUT2D eigenvalue weighted by Gasteiger charge is 2.56. The molecule has 2 aliphatic carbocycles. The van der Waals surface area contributed by atoms with Gasteiger partial charge in [0.05, 0.1) is 11.7 Å². The summed E-state index contributed by atoms with van der Waals surface area (Å²) in [5.74, 6) is 1.50. The van der Waals surface area contributed by atoms with Crippen LogP contribution < -0.4 is 0 Å². The average Bonchev–Trinajstić information content (AvgIpc) is 3.03. The molecule has 1 unspecified atom stereocenters. The molecule has 5 rings (SSSR count). The maximum Gasteiger partial charge on any atom is 0.411 e. The number of fused-ring (bicyclic) bond motifs is 4. The number of aryl methyl sites for hydroxylation is 2. The summed E-state index contributed by atoms with van der Waals surface area (Å²) in [5, 5.41) is 0. The number of aromatic nitrogens is 2. The van der Waals surface area contributed by atoms with Gasteiger partial charge in [0.2, 0.25) is 0 Å². The van der Waals surface area contributed by atoms with Gasteiger partial charge in [-0.25, -0.2) is 9.78 Å². The molecule has 3 aliphatic rings. The zero-order valence-corrected chi connectivity index (χ0v) is 17.5. The number of nitrogens with zero attached hydrogens (tertiary/aromatic N) is 2. The van der Waals surface area contributed by atoms with Gasteiger partial charge in [0.25, 0.3) is 0 Å². The van der Waals surface area contributed by atoms with E-state index in [0.717, 1.165) is 41.7 Å². The number of ether oxygens (including phenoxy) is 1. The van der Waals surface area contributed by atoms with E-state index in [-0.39, 0.29) is 12.1 Å². The van der Waals surface area contributed by atoms with Crippen LogP contribution in [0, 0.1) is 5.92 Å². The van der Waals surface area contributed by atoms with Gasteiger partial charge in [0.15, 0.2) is 0 Å². The predicted molar refractivity (Wildman–Crippen MR) is 106 cm³/mol. The first-order chi connectivity index (χ1) is 12.8. The molecule has 2 heterocycles. The maximum atomic E-state index is 12.8. The van der Waals surface area contributed by atoms with Gasteiger partial charge in [0.1, 0.15) is 11.4 Å². The van der Waals surface area contributed by atoms with E-state index in [1.807, 2.05) is 25.7 Å². The van der Waals surface area contributed by atoms with Crippen LogP contribution in [0.25, 0.3) is 11.3 Å². The van der Waals surface area contributed by atoms with Crippen molar-refractivity contribution < 1.29 is 9.53 Å². The normalized spacial score (nSPS) is 25.6. The summed E-state index contributed by atoms with van der Waals surface area (Å²) in [6, 6.07) is 6.70. The monoisotopic (exact) mass is 429 g/mol. The smallest absolute Gasteiger partial charge is 0.411 e. The molecule has 2 aromatic rings. The molecule has 1 saturated heterocycles. The Balaban J connectivity index is 1.47. The van der Waals surface area contributed by atoms with Gasteiger partial charge in [-0.3, -0.25) is 4.90 Å². The Kier molecular flexibility index (Phi) is 3.74. The molecule has 1 aromatic carbocycles. The van der Waals surface area contributed by atoms with E-state index in [1.165, 1.54) is 16.8 Å². The first kappa shape index (κ1) is 17.3. The van der Waals surface area contributed by atoms with Crippen LogP contribution in [0.5, 0.6) is 0 Å². The first-order valence-corrected chi connectivity index (χ1v) is 10.5. The van der Waals surface area contributed by atoms with Crippen molar-refractivity contribution in [3.05, 3.63) is 39.8 Å². The molecule has 1 aromatic heterocycles. The number of likely N-dealkylation sites (tertiary alicyclic amines) is 1. The highest BCUT2D eigenvalue weighted by molar-refractivity contribution is 9.10. The van der Waals surface area contributed by atoms with Crippen LogP contribution in [0.4, 0.5) is 4.79 Å². The van der Waals surface area contributed by atoms with E-state index >= 15 is 0 Å². The number of hydrogen-bond donors (Lipinski definition) is 1. The Morgan fingerprint density at radius 2 is 2.11 bits per heavy atom. The molecule has 1 aliphatic heterocycles. The number of amides is 1. The second kappa shape index (κ2) is 5.84. The molecule has 142 valence electrons. The fourth-order valence-corrected chi connectivity index (χ4v) is 4.94. The molecule has 1 amide bonds. The molecule has 3 atom stereocenters. The Labute approximate surface area is 167 Å². The maximum absolute atomic E-state index is 12.8. The molecular weight excluding hydrogens is 406 g/mol. The molecule has 0 bridgehead atoms. The number of nitrogens with one attached hydrogen (secondary N) is 1. The van der Waals surface area contributed by atoms with Crippen LogP contribution >= 0.6 is 15.9 Å². The van der Waals surface area contributed by atoms with Crippen molar-refractivity contribution in [1.29, 1.82) is 0 Å². The summed E-state index contributed by atoms with van der Waals surface area (Å²) in [4.78, 5) is 23.3. The Morgan fingerprint density at radius 3 is 2.89 bits per heavy atom. The molecule has 6 heteroatoms. The van der Waals surface area contributed by atoms with Gasteiger partial charge in [0, 0.05) is 21.8 Å². The molecule has 2 fully saturated rings. The number of rotatable bonds is 1. The van der Waals surface area contributed by atoms with Gasteiger partial charge in [-0.1, -0.05) is 22.0 Å². The van der Waals surface area contributed by atoms with Gasteiger partial charge < -0.3 is 9.72 Å². The summed E-state index contributed by atoms with van der Waals surface area (Å²) in [5.41, 5.74) is 4.28. The zero-order chi connectivity index (χ0) is 18.9. The SMILES string of the molecule is CC(C)(C)OC(=O)N1C2C[C@@H]2C[C@H]1c1nc2c([nH]1)CCc1cc(Br)ccc1-2. The molecule has 0 radical (unpaired) electrons. The van der Waals surface area contributed by atoms with Crippen LogP contribution in [0.15, 0.2) is 22.7 Å². The fraction of sp³-hybridized carbons (Fsp3) is 0.524. The molecule has 5 nitrogen and oxygen atoms in total. The van der Waals surface area contributed by atoms with E-state index in [4.69, 9.17) is 9.72 Å². The second-order valence-corrected chi connectivity index (χ2v) is 9.87. The van der Waals surface area contributed by atoms with E-state index in [2.05, 4.69) is 39.1 Å². The second-order valence-electron chi connectivity index (χ2n) is 8.95. The topological polar surface area (TPSA) is 58.2 Å². The van der Waals surface area contributed by atoms with Gasteiger partial charge in [-0.2, -0.15) is 0 Å². The number of benzene rings is 1. The van der Waals surface area contributed by atoms with Crippen molar-refractivity contribution >= 4 is 22.0 Å². The van der Waals surface area contributed by atoms with E-state index < -0.39 is 5.60 Å². The molecule has 1 N–H and O–H groups in total.